The predicted molar refractivity (Wildman–Crippen MR) is 113 cm³/mol. The predicted octanol–water partition coefficient (Wildman–Crippen LogP) is 4.31. The van der Waals surface area contributed by atoms with Crippen LogP contribution in [0.2, 0.25) is 5.02 Å². The Morgan fingerprint density at radius 1 is 1.10 bits per heavy atom. The summed E-state index contributed by atoms with van der Waals surface area (Å²) in [5.74, 6) is 1.02. The number of sulfonamides is 1. The van der Waals surface area contributed by atoms with Crippen molar-refractivity contribution < 1.29 is 13.2 Å². The van der Waals surface area contributed by atoms with E-state index >= 15 is 0 Å². The van der Waals surface area contributed by atoms with Crippen molar-refractivity contribution in [1.82, 2.24) is 14.5 Å². The maximum absolute atomic E-state index is 12.9. The van der Waals surface area contributed by atoms with Gasteiger partial charge < -0.3 is 4.74 Å². The first-order valence-electron chi connectivity index (χ1n) is 9.43. The van der Waals surface area contributed by atoms with E-state index in [2.05, 4.69) is 10.2 Å². The molecule has 152 valence electrons. The number of nitrogens with zero attached hydrogens (tertiary/aromatic N) is 2. The van der Waals surface area contributed by atoms with E-state index in [9.17, 15) is 8.42 Å². The van der Waals surface area contributed by atoms with Crippen LogP contribution in [0.5, 0.6) is 5.75 Å². The van der Waals surface area contributed by atoms with Gasteiger partial charge in [-0.1, -0.05) is 35.9 Å². The lowest BCUT2D eigenvalue weighted by atomic mass is 9.94. The minimum Gasteiger partial charge on any atom is -0.497 e. The van der Waals surface area contributed by atoms with Gasteiger partial charge in [-0.15, -0.1) is 0 Å². The largest absolute Gasteiger partial charge is 0.497 e. The second-order valence-corrected chi connectivity index (χ2v) is 9.36. The lowest BCUT2D eigenvalue weighted by Gasteiger charge is -2.30. The second kappa shape index (κ2) is 8.18. The van der Waals surface area contributed by atoms with Crippen LogP contribution < -0.4 is 4.74 Å². The fourth-order valence-corrected chi connectivity index (χ4v) is 5.64. The molecule has 6 nitrogen and oxygen atoms in total. The molecule has 1 fully saturated rings. The number of H-pyrrole nitrogens is 1. The summed E-state index contributed by atoms with van der Waals surface area (Å²) in [6.07, 6.45) is 1.45. The molecule has 0 amide bonds. The van der Waals surface area contributed by atoms with Crippen molar-refractivity contribution in [3.05, 3.63) is 65.3 Å². The van der Waals surface area contributed by atoms with Crippen LogP contribution in [0.25, 0.3) is 11.3 Å². The molecule has 0 radical (unpaired) electrons. The number of aromatic nitrogens is 2. The van der Waals surface area contributed by atoms with E-state index < -0.39 is 10.0 Å². The Hall–Kier alpha value is -2.35. The number of piperidine rings is 1. The minimum atomic E-state index is -3.58. The molecular formula is C21H22ClN3O3S. The van der Waals surface area contributed by atoms with Gasteiger partial charge in [0, 0.05) is 30.3 Å². The van der Waals surface area contributed by atoms with Gasteiger partial charge in [0.1, 0.15) is 10.6 Å². The third-order valence-electron chi connectivity index (χ3n) is 5.31. The second-order valence-electron chi connectivity index (χ2n) is 7.05. The molecule has 1 aliphatic heterocycles. The first kappa shape index (κ1) is 19.9. The van der Waals surface area contributed by atoms with E-state index in [0.717, 1.165) is 35.5 Å². The van der Waals surface area contributed by atoms with Gasteiger partial charge in [-0.05, 0) is 43.2 Å². The molecule has 1 aromatic heterocycles. The molecule has 29 heavy (non-hydrogen) atoms. The molecule has 1 saturated heterocycles. The zero-order valence-corrected chi connectivity index (χ0v) is 17.6. The van der Waals surface area contributed by atoms with Gasteiger partial charge in [0.2, 0.25) is 10.0 Å². The molecule has 0 spiro atoms. The van der Waals surface area contributed by atoms with Crippen molar-refractivity contribution in [2.24, 2.45) is 0 Å². The van der Waals surface area contributed by atoms with E-state index in [-0.39, 0.29) is 15.8 Å². The van der Waals surface area contributed by atoms with Crippen molar-refractivity contribution in [3.63, 3.8) is 0 Å². The zero-order chi connectivity index (χ0) is 20.4. The Morgan fingerprint density at radius 2 is 1.86 bits per heavy atom. The van der Waals surface area contributed by atoms with Gasteiger partial charge in [0.15, 0.2) is 0 Å². The quantitative estimate of drug-likeness (QED) is 0.653. The third-order valence-corrected chi connectivity index (χ3v) is 7.71. The molecule has 0 bridgehead atoms. The van der Waals surface area contributed by atoms with Gasteiger partial charge in [-0.25, -0.2) is 8.42 Å². The summed E-state index contributed by atoms with van der Waals surface area (Å²) >= 11 is 6.11. The Kier molecular flexibility index (Phi) is 5.63. The summed E-state index contributed by atoms with van der Waals surface area (Å²) < 4.78 is 32.6. The van der Waals surface area contributed by atoms with Crippen LogP contribution in [0, 0.1) is 0 Å². The standard InChI is InChI=1S/C21H22ClN3O3S/c1-28-17-6-4-5-16(13-17)20-14-19(23-24-20)15-9-11-25(12-10-15)29(26,27)21-8-3-2-7-18(21)22/h2-8,13-15H,9-12H2,1H3,(H,23,24). The molecule has 3 aromatic rings. The van der Waals surface area contributed by atoms with Gasteiger partial charge in [0.05, 0.1) is 17.8 Å². The SMILES string of the molecule is COc1cccc(-c2cc(C3CCN(S(=O)(=O)c4ccccc4Cl)CC3)[nH]n2)c1. The van der Waals surface area contributed by atoms with Crippen LogP contribution >= 0.6 is 11.6 Å². The highest BCUT2D eigenvalue weighted by Crippen LogP contribution is 2.33. The smallest absolute Gasteiger partial charge is 0.244 e. The van der Waals surface area contributed by atoms with Crippen LogP contribution in [0.1, 0.15) is 24.5 Å². The van der Waals surface area contributed by atoms with Gasteiger partial charge in [-0.3, -0.25) is 5.10 Å². The van der Waals surface area contributed by atoms with Crippen LogP contribution in [-0.4, -0.2) is 43.1 Å². The van der Waals surface area contributed by atoms with Gasteiger partial charge >= 0.3 is 0 Å². The van der Waals surface area contributed by atoms with E-state index in [1.54, 1.807) is 31.4 Å². The molecule has 1 N–H and O–H groups in total. The molecule has 1 aliphatic rings. The van der Waals surface area contributed by atoms with Crippen molar-refractivity contribution in [2.45, 2.75) is 23.7 Å². The summed E-state index contributed by atoms with van der Waals surface area (Å²) in [5.41, 5.74) is 2.85. The highest BCUT2D eigenvalue weighted by atomic mass is 35.5. The molecule has 2 heterocycles. The molecule has 2 aromatic carbocycles. The lowest BCUT2D eigenvalue weighted by Crippen LogP contribution is -2.38. The van der Waals surface area contributed by atoms with Crippen molar-refractivity contribution in [3.8, 4) is 17.0 Å². The molecule has 0 aliphatic carbocycles. The van der Waals surface area contributed by atoms with Crippen LogP contribution in [0.4, 0.5) is 0 Å². The normalized spacial score (nSPS) is 16.1. The number of nitrogens with one attached hydrogen (secondary N) is 1. The molecule has 4 rings (SSSR count). The highest BCUT2D eigenvalue weighted by Gasteiger charge is 2.31. The van der Waals surface area contributed by atoms with Crippen molar-refractivity contribution >= 4 is 21.6 Å². The fourth-order valence-electron chi connectivity index (χ4n) is 3.68. The first-order chi connectivity index (χ1) is 14.0. The van der Waals surface area contributed by atoms with Crippen molar-refractivity contribution in [2.75, 3.05) is 20.2 Å². The Morgan fingerprint density at radius 3 is 2.59 bits per heavy atom. The summed E-state index contributed by atoms with van der Waals surface area (Å²) in [5, 5.41) is 7.82. The Labute approximate surface area is 175 Å². The van der Waals surface area contributed by atoms with Crippen LogP contribution in [0.3, 0.4) is 0 Å². The highest BCUT2D eigenvalue weighted by molar-refractivity contribution is 7.89. The number of methoxy groups -OCH3 is 1. The van der Waals surface area contributed by atoms with E-state index in [1.807, 2.05) is 30.3 Å². The fraction of sp³-hybridized carbons (Fsp3) is 0.286. The Balaban J connectivity index is 1.46. The zero-order valence-electron chi connectivity index (χ0n) is 16.0. The minimum absolute atomic E-state index is 0.168. The number of halogens is 1. The maximum atomic E-state index is 12.9. The number of hydrogen-bond acceptors (Lipinski definition) is 4. The van der Waals surface area contributed by atoms with Gasteiger partial charge in [-0.2, -0.15) is 9.40 Å². The van der Waals surface area contributed by atoms with Gasteiger partial charge in [0.25, 0.3) is 0 Å². The van der Waals surface area contributed by atoms with E-state index in [0.29, 0.717) is 13.1 Å². The molecule has 0 saturated carbocycles. The monoisotopic (exact) mass is 431 g/mol. The van der Waals surface area contributed by atoms with E-state index in [4.69, 9.17) is 16.3 Å². The average molecular weight is 432 g/mol. The summed E-state index contributed by atoms with van der Waals surface area (Å²) in [6, 6.07) is 16.4. The number of rotatable bonds is 5. The van der Waals surface area contributed by atoms with Crippen molar-refractivity contribution in [1.29, 1.82) is 0 Å². The van der Waals surface area contributed by atoms with E-state index in [1.165, 1.54) is 4.31 Å². The number of aromatic amines is 1. The number of ether oxygens (including phenoxy) is 1. The summed E-state index contributed by atoms with van der Waals surface area (Å²) in [7, 11) is -1.94. The maximum Gasteiger partial charge on any atom is 0.244 e. The average Bonchev–Trinajstić information content (AvgIpc) is 3.24. The molecule has 0 atom stereocenters. The molecule has 0 unspecified atom stereocenters. The third kappa shape index (κ3) is 4.03. The molecule has 8 heteroatoms. The summed E-state index contributed by atoms with van der Waals surface area (Å²) in [4.78, 5) is 0.168. The number of hydrogen-bond donors (Lipinski definition) is 1. The summed E-state index contributed by atoms with van der Waals surface area (Å²) in [6.45, 7) is 0.900. The topological polar surface area (TPSA) is 75.3 Å². The lowest BCUT2D eigenvalue weighted by molar-refractivity contribution is 0.316. The first-order valence-corrected chi connectivity index (χ1v) is 11.3. The molecular weight excluding hydrogens is 410 g/mol. The Bertz CT molecular complexity index is 1110. The van der Waals surface area contributed by atoms with Crippen LogP contribution in [-0.2, 0) is 10.0 Å². The van der Waals surface area contributed by atoms with Crippen LogP contribution in [0.15, 0.2) is 59.5 Å². The number of benzene rings is 2.